The molecule has 2 atom stereocenters. The van der Waals surface area contributed by atoms with Crippen LogP contribution in [0.3, 0.4) is 0 Å². The molecule has 40 heavy (non-hydrogen) atoms. The van der Waals surface area contributed by atoms with E-state index in [0.29, 0.717) is 62.3 Å². The van der Waals surface area contributed by atoms with Crippen molar-refractivity contribution in [1.82, 2.24) is 9.80 Å². The fraction of sp³-hybridized carbons (Fsp3) is 0.467. The summed E-state index contributed by atoms with van der Waals surface area (Å²) in [5, 5.41) is 0. The highest BCUT2D eigenvalue weighted by atomic mass is 16.5. The summed E-state index contributed by atoms with van der Waals surface area (Å²) < 4.78 is 11.2. The molecule has 2 aromatic rings. The lowest BCUT2D eigenvalue weighted by atomic mass is 10.1. The summed E-state index contributed by atoms with van der Waals surface area (Å²) in [5.74, 6) is 0.495. The summed E-state index contributed by atoms with van der Waals surface area (Å²) >= 11 is 0. The maximum Gasteiger partial charge on any atom is 0.251 e. The SMILES string of the molecule is CCCOc1ccc(N2C(=O)C[C@@H](N3CCN([C@@H]4CC(=O)N(c5ccc(OCCC)cc5)C4=O)CC3)C2=O)cc1. The van der Waals surface area contributed by atoms with E-state index in [1.54, 1.807) is 48.5 Å². The molecule has 10 nitrogen and oxygen atoms in total. The van der Waals surface area contributed by atoms with E-state index in [1.807, 2.05) is 23.6 Å². The zero-order valence-corrected chi connectivity index (χ0v) is 23.1. The average molecular weight is 549 g/mol. The Morgan fingerprint density at radius 1 is 0.600 bits per heavy atom. The first-order valence-electron chi connectivity index (χ1n) is 14.1. The molecule has 10 heteroatoms. The molecule has 4 amide bonds. The summed E-state index contributed by atoms with van der Waals surface area (Å²) in [6.07, 6.45) is 2.04. The lowest BCUT2D eigenvalue weighted by Crippen LogP contribution is -2.56. The van der Waals surface area contributed by atoms with Crippen LogP contribution in [0.2, 0.25) is 0 Å². The molecular weight excluding hydrogens is 512 g/mol. The van der Waals surface area contributed by atoms with Crippen LogP contribution in [0, 0.1) is 0 Å². The largest absolute Gasteiger partial charge is 0.494 e. The normalized spacial score (nSPS) is 22.4. The number of imide groups is 2. The van der Waals surface area contributed by atoms with Crippen molar-refractivity contribution in [2.45, 2.75) is 51.6 Å². The lowest BCUT2D eigenvalue weighted by Gasteiger charge is -2.38. The first-order chi connectivity index (χ1) is 19.4. The van der Waals surface area contributed by atoms with Gasteiger partial charge in [-0.1, -0.05) is 13.8 Å². The van der Waals surface area contributed by atoms with Crippen LogP contribution in [0.1, 0.15) is 39.5 Å². The molecule has 3 fully saturated rings. The molecule has 3 aliphatic rings. The standard InChI is InChI=1S/C30H36N4O6/c1-3-17-39-23-9-5-21(6-10-23)33-27(35)19-25(29(33)37)31-13-15-32(16-14-31)26-20-28(36)34(30(26)38)22-7-11-24(12-8-22)40-18-4-2/h5-12,25-26H,3-4,13-20H2,1-2H3/t25-,26-/m1/s1. The minimum atomic E-state index is -0.531. The van der Waals surface area contributed by atoms with Gasteiger partial charge in [-0.2, -0.15) is 0 Å². The predicted molar refractivity (Wildman–Crippen MR) is 149 cm³/mol. The van der Waals surface area contributed by atoms with Gasteiger partial charge in [-0.25, -0.2) is 9.80 Å². The summed E-state index contributed by atoms with van der Waals surface area (Å²) in [5.41, 5.74) is 1.08. The van der Waals surface area contributed by atoms with Gasteiger partial charge in [-0.05, 0) is 61.4 Å². The molecule has 3 saturated heterocycles. The molecule has 0 spiro atoms. The van der Waals surface area contributed by atoms with Crippen LogP contribution in [0.15, 0.2) is 48.5 Å². The van der Waals surface area contributed by atoms with Crippen LogP contribution in [-0.2, 0) is 19.2 Å². The van der Waals surface area contributed by atoms with Gasteiger partial charge in [-0.15, -0.1) is 0 Å². The number of rotatable bonds is 10. The van der Waals surface area contributed by atoms with Gasteiger partial charge in [0.2, 0.25) is 11.8 Å². The Morgan fingerprint density at radius 3 is 1.27 bits per heavy atom. The van der Waals surface area contributed by atoms with Gasteiger partial charge in [0.15, 0.2) is 0 Å². The average Bonchev–Trinajstić information content (AvgIpc) is 3.44. The Morgan fingerprint density at radius 2 is 0.950 bits per heavy atom. The Kier molecular flexibility index (Phi) is 8.46. The zero-order chi connectivity index (χ0) is 28.2. The van der Waals surface area contributed by atoms with Gasteiger partial charge in [0, 0.05) is 26.2 Å². The van der Waals surface area contributed by atoms with E-state index in [-0.39, 0.29) is 36.5 Å². The summed E-state index contributed by atoms with van der Waals surface area (Å²) in [4.78, 5) is 58.8. The molecule has 2 aromatic carbocycles. The topological polar surface area (TPSA) is 99.7 Å². The smallest absolute Gasteiger partial charge is 0.251 e. The van der Waals surface area contributed by atoms with Crippen LogP contribution in [0.25, 0.3) is 0 Å². The van der Waals surface area contributed by atoms with Gasteiger partial charge >= 0.3 is 0 Å². The number of benzene rings is 2. The number of hydrogen-bond donors (Lipinski definition) is 0. The number of carbonyl (C=O) groups is 4. The van der Waals surface area contributed by atoms with Gasteiger partial charge < -0.3 is 9.47 Å². The quantitative estimate of drug-likeness (QED) is 0.418. The lowest BCUT2D eigenvalue weighted by molar-refractivity contribution is -0.126. The molecule has 0 saturated carbocycles. The van der Waals surface area contributed by atoms with E-state index in [2.05, 4.69) is 0 Å². The van der Waals surface area contributed by atoms with Crippen molar-refractivity contribution in [2.24, 2.45) is 0 Å². The van der Waals surface area contributed by atoms with Crippen LogP contribution in [0.4, 0.5) is 11.4 Å². The van der Waals surface area contributed by atoms with Crippen LogP contribution in [-0.4, -0.2) is 84.9 Å². The number of piperazine rings is 1. The Labute approximate surface area is 234 Å². The van der Waals surface area contributed by atoms with E-state index in [9.17, 15) is 19.2 Å². The van der Waals surface area contributed by atoms with E-state index in [0.717, 1.165) is 12.8 Å². The van der Waals surface area contributed by atoms with E-state index in [4.69, 9.17) is 9.47 Å². The predicted octanol–water partition coefficient (Wildman–Crippen LogP) is 2.85. The fourth-order valence-electron chi connectivity index (χ4n) is 5.53. The molecule has 212 valence electrons. The van der Waals surface area contributed by atoms with Crippen molar-refractivity contribution in [3.8, 4) is 11.5 Å². The highest BCUT2D eigenvalue weighted by Gasteiger charge is 2.46. The first kappa shape index (κ1) is 27.8. The second-order valence-electron chi connectivity index (χ2n) is 10.3. The highest BCUT2D eigenvalue weighted by molar-refractivity contribution is 6.23. The summed E-state index contributed by atoms with van der Waals surface area (Å²) in [6, 6.07) is 13.0. The number of hydrogen-bond acceptors (Lipinski definition) is 8. The number of anilines is 2. The van der Waals surface area contributed by atoms with Crippen LogP contribution >= 0.6 is 0 Å². The van der Waals surface area contributed by atoms with Crippen molar-refractivity contribution in [3.05, 3.63) is 48.5 Å². The zero-order valence-electron chi connectivity index (χ0n) is 23.1. The molecule has 5 rings (SSSR count). The van der Waals surface area contributed by atoms with Gasteiger partial charge in [0.25, 0.3) is 11.8 Å². The van der Waals surface area contributed by atoms with Crippen molar-refractivity contribution >= 4 is 35.0 Å². The van der Waals surface area contributed by atoms with Crippen molar-refractivity contribution in [2.75, 3.05) is 49.2 Å². The summed E-state index contributed by atoms with van der Waals surface area (Å²) in [7, 11) is 0. The third kappa shape index (κ3) is 5.59. The molecule has 0 aromatic heterocycles. The highest BCUT2D eigenvalue weighted by Crippen LogP contribution is 2.30. The molecule has 0 radical (unpaired) electrons. The Bertz CT molecular complexity index is 1140. The Hall–Kier alpha value is -3.76. The number of carbonyl (C=O) groups excluding carboxylic acids is 4. The molecule has 3 heterocycles. The molecule has 0 N–H and O–H groups in total. The Balaban J connectivity index is 1.18. The van der Waals surface area contributed by atoms with Crippen molar-refractivity contribution in [3.63, 3.8) is 0 Å². The monoisotopic (exact) mass is 548 g/mol. The second kappa shape index (κ2) is 12.2. The number of amides is 4. The maximum atomic E-state index is 13.3. The second-order valence-corrected chi connectivity index (χ2v) is 10.3. The summed E-state index contributed by atoms with van der Waals surface area (Å²) in [6.45, 7) is 7.39. The number of ether oxygens (including phenoxy) is 2. The van der Waals surface area contributed by atoms with Gasteiger partial charge in [0.1, 0.15) is 11.5 Å². The minimum Gasteiger partial charge on any atom is -0.494 e. The third-order valence-electron chi connectivity index (χ3n) is 7.61. The molecule has 0 aliphatic carbocycles. The maximum absolute atomic E-state index is 13.3. The fourth-order valence-corrected chi connectivity index (χ4v) is 5.53. The molecule has 0 bridgehead atoms. The third-order valence-corrected chi connectivity index (χ3v) is 7.61. The van der Waals surface area contributed by atoms with E-state index >= 15 is 0 Å². The minimum absolute atomic E-state index is 0.125. The van der Waals surface area contributed by atoms with Crippen molar-refractivity contribution < 1.29 is 28.7 Å². The van der Waals surface area contributed by atoms with Gasteiger partial charge in [-0.3, -0.25) is 29.0 Å². The van der Waals surface area contributed by atoms with Crippen molar-refractivity contribution in [1.29, 1.82) is 0 Å². The molecular formula is C30H36N4O6. The number of nitrogens with zero attached hydrogens (tertiary/aromatic N) is 4. The molecule has 0 unspecified atom stereocenters. The van der Waals surface area contributed by atoms with E-state index in [1.165, 1.54) is 9.80 Å². The van der Waals surface area contributed by atoms with Gasteiger partial charge in [0.05, 0.1) is 49.5 Å². The van der Waals surface area contributed by atoms with E-state index < -0.39 is 12.1 Å². The van der Waals surface area contributed by atoms with Crippen LogP contribution < -0.4 is 19.3 Å². The molecule has 3 aliphatic heterocycles. The van der Waals surface area contributed by atoms with Crippen LogP contribution in [0.5, 0.6) is 11.5 Å². The first-order valence-corrected chi connectivity index (χ1v) is 14.1.